The first kappa shape index (κ1) is 17.6. The Labute approximate surface area is 161 Å². The van der Waals surface area contributed by atoms with Crippen molar-refractivity contribution < 1.29 is 29.1 Å². The Kier molecular flexibility index (Phi) is 4.59. The van der Waals surface area contributed by atoms with Gasteiger partial charge in [-0.15, -0.1) is 0 Å². The van der Waals surface area contributed by atoms with E-state index in [4.69, 9.17) is 0 Å². The lowest BCUT2D eigenvalue weighted by Gasteiger charge is -2.38. The van der Waals surface area contributed by atoms with E-state index in [-0.39, 0.29) is 24.0 Å². The SMILES string of the molecule is CC1(O)c2ccccc2[P+](C)(c2ccccc2)c2ccccc21.[I-]. The van der Waals surface area contributed by atoms with Crippen LogP contribution in [0, 0.1) is 0 Å². The molecule has 24 heavy (non-hydrogen) atoms. The molecule has 0 amide bonds. The molecule has 0 radical (unpaired) electrons. The maximum Gasteiger partial charge on any atom is 0.119 e. The monoisotopic (exact) mass is 446 g/mol. The molecule has 3 aromatic rings. The van der Waals surface area contributed by atoms with Gasteiger partial charge in [0, 0.05) is 11.1 Å². The summed E-state index contributed by atoms with van der Waals surface area (Å²) < 4.78 is 0. The fraction of sp³-hybridized carbons (Fsp3) is 0.143. The lowest BCUT2D eigenvalue weighted by atomic mass is 9.87. The van der Waals surface area contributed by atoms with Crippen LogP contribution in [0.2, 0.25) is 0 Å². The van der Waals surface area contributed by atoms with Crippen LogP contribution in [0.1, 0.15) is 18.1 Å². The Morgan fingerprint density at radius 1 is 0.708 bits per heavy atom. The molecule has 3 heteroatoms. The molecule has 0 saturated carbocycles. The molecule has 0 fully saturated rings. The van der Waals surface area contributed by atoms with Crippen LogP contribution < -0.4 is 39.9 Å². The molecule has 1 nitrogen and oxygen atoms in total. The summed E-state index contributed by atoms with van der Waals surface area (Å²) in [6, 6.07) is 27.5. The summed E-state index contributed by atoms with van der Waals surface area (Å²) in [6.45, 7) is 4.29. The predicted octanol–water partition coefficient (Wildman–Crippen LogP) is 0.183. The van der Waals surface area contributed by atoms with Crippen molar-refractivity contribution in [2.75, 3.05) is 6.66 Å². The van der Waals surface area contributed by atoms with Gasteiger partial charge in [0.2, 0.25) is 0 Å². The molecule has 1 N–H and O–H groups in total. The number of hydrogen-bond acceptors (Lipinski definition) is 1. The van der Waals surface area contributed by atoms with Crippen LogP contribution >= 0.6 is 7.26 Å². The maximum atomic E-state index is 11.3. The second-order valence-electron chi connectivity index (χ2n) is 6.45. The van der Waals surface area contributed by atoms with E-state index in [0.29, 0.717) is 0 Å². The van der Waals surface area contributed by atoms with Crippen molar-refractivity contribution in [1.82, 2.24) is 0 Å². The molecule has 0 aromatic heterocycles. The Hall–Kier alpha value is -1.22. The molecule has 1 heterocycles. The van der Waals surface area contributed by atoms with Gasteiger partial charge in [-0.3, -0.25) is 0 Å². The second-order valence-corrected chi connectivity index (χ2v) is 9.94. The topological polar surface area (TPSA) is 20.2 Å². The van der Waals surface area contributed by atoms with Crippen LogP contribution in [-0.4, -0.2) is 11.8 Å². The zero-order valence-electron chi connectivity index (χ0n) is 13.8. The number of benzene rings is 3. The molecule has 1 aliphatic heterocycles. The first-order valence-corrected chi connectivity index (χ1v) is 10.1. The van der Waals surface area contributed by atoms with E-state index in [1.54, 1.807) is 0 Å². The van der Waals surface area contributed by atoms with E-state index < -0.39 is 12.9 Å². The third-order valence-corrected chi connectivity index (χ3v) is 9.13. The summed E-state index contributed by atoms with van der Waals surface area (Å²) >= 11 is 0. The highest BCUT2D eigenvalue weighted by Crippen LogP contribution is 2.58. The van der Waals surface area contributed by atoms with Crippen LogP contribution in [0.3, 0.4) is 0 Å². The van der Waals surface area contributed by atoms with Gasteiger partial charge in [0.05, 0.1) is 6.66 Å². The average Bonchev–Trinajstić information content (AvgIpc) is 2.61. The number of fused-ring (bicyclic) bond motifs is 2. The van der Waals surface area contributed by atoms with Crippen LogP contribution in [0.15, 0.2) is 78.9 Å². The fourth-order valence-corrected chi connectivity index (χ4v) is 7.73. The van der Waals surface area contributed by atoms with Gasteiger partial charge in [0.15, 0.2) is 0 Å². The number of halogens is 1. The summed E-state index contributed by atoms with van der Waals surface area (Å²) in [6.07, 6.45) is 0. The van der Waals surface area contributed by atoms with Gasteiger partial charge in [-0.05, 0) is 31.2 Å². The highest BCUT2D eigenvalue weighted by molar-refractivity contribution is 7.95. The van der Waals surface area contributed by atoms with Crippen molar-refractivity contribution in [3.8, 4) is 0 Å². The standard InChI is InChI=1S/C21H20OP.HI/c1-21(22)17-12-6-8-14-19(17)23(2,16-10-4-3-5-11-16)20-15-9-7-13-18(20)21;/h3-15,22H,1-2H3;1H/q+1;/p-1. The zero-order chi connectivity index (χ0) is 16.1. The molecule has 0 bridgehead atoms. The van der Waals surface area contributed by atoms with Crippen molar-refractivity contribution in [2.45, 2.75) is 12.5 Å². The summed E-state index contributed by atoms with van der Waals surface area (Å²) in [5, 5.41) is 15.2. The zero-order valence-corrected chi connectivity index (χ0v) is 16.8. The maximum absolute atomic E-state index is 11.3. The first-order valence-electron chi connectivity index (χ1n) is 7.91. The fourth-order valence-electron chi connectivity index (χ4n) is 3.83. The lowest BCUT2D eigenvalue weighted by Crippen LogP contribution is -3.00. The van der Waals surface area contributed by atoms with E-state index in [9.17, 15) is 5.11 Å². The number of rotatable bonds is 1. The summed E-state index contributed by atoms with van der Waals surface area (Å²) in [5.41, 5.74) is 1.14. The van der Waals surface area contributed by atoms with Crippen LogP contribution in [0.4, 0.5) is 0 Å². The van der Waals surface area contributed by atoms with Crippen LogP contribution in [-0.2, 0) is 5.60 Å². The minimum Gasteiger partial charge on any atom is -1.00 e. The molecule has 0 atom stereocenters. The molecule has 0 saturated heterocycles. The van der Waals surface area contributed by atoms with Gasteiger partial charge in [0.25, 0.3) is 0 Å². The van der Waals surface area contributed by atoms with E-state index in [2.05, 4.69) is 73.4 Å². The van der Waals surface area contributed by atoms with Gasteiger partial charge in [0.1, 0.15) is 28.8 Å². The number of aliphatic hydroxyl groups is 1. The van der Waals surface area contributed by atoms with Gasteiger partial charge < -0.3 is 29.1 Å². The summed E-state index contributed by atoms with van der Waals surface area (Å²) in [5.74, 6) is 0. The smallest absolute Gasteiger partial charge is 0.119 e. The molecule has 1 aliphatic rings. The lowest BCUT2D eigenvalue weighted by molar-refractivity contribution is -0.00000867. The normalized spacial score (nSPS) is 24.5. The van der Waals surface area contributed by atoms with Crippen LogP contribution in [0.25, 0.3) is 0 Å². The third-order valence-electron chi connectivity index (χ3n) is 5.09. The molecular weight excluding hydrogens is 426 g/mol. The Morgan fingerprint density at radius 3 is 1.62 bits per heavy atom. The Bertz CT molecular complexity index is 824. The van der Waals surface area contributed by atoms with Gasteiger partial charge in [-0.1, -0.05) is 54.6 Å². The van der Waals surface area contributed by atoms with Crippen LogP contribution in [0.5, 0.6) is 0 Å². The Morgan fingerprint density at radius 2 is 1.12 bits per heavy atom. The molecule has 0 spiro atoms. The van der Waals surface area contributed by atoms with Crippen molar-refractivity contribution >= 4 is 23.2 Å². The molecular formula is C21H20IOP. The Balaban J connectivity index is 0.00000169. The quantitative estimate of drug-likeness (QED) is 0.418. The molecule has 0 unspecified atom stereocenters. The molecule has 0 aliphatic carbocycles. The van der Waals surface area contributed by atoms with E-state index in [0.717, 1.165) is 11.1 Å². The molecule has 122 valence electrons. The van der Waals surface area contributed by atoms with Gasteiger partial charge in [-0.25, -0.2) is 0 Å². The first-order chi connectivity index (χ1) is 11.1. The van der Waals surface area contributed by atoms with Crippen molar-refractivity contribution in [1.29, 1.82) is 0 Å². The molecule has 3 aromatic carbocycles. The minimum atomic E-state index is -1.74. The van der Waals surface area contributed by atoms with Gasteiger partial charge in [-0.2, -0.15) is 0 Å². The third kappa shape index (κ3) is 2.35. The highest BCUT2D eigenvalue weighted by Gasteiger charge is 2.52. The average molecular weight is 446 g/mol. The van der Waals surface area contributed by atoms with E-state index in [1.807, 2.05) is 19.1 Å². The second kappa shape index (κ2) is 6.25. The highest BCUT2D eigenvalue weighted by atomic mass is 127. The minimum absolute atomic E-state index is 0. The summed E-state index contributed by atoms with van der Waals surface area (Å²) in [4.78, 5) is 0. The van der Waals surface area contributed by atoms with E-state index >= 15 is 0 Å². The number of hydrogen-bond donors (Lipinski definition) is 1. The van der Waals surface area contributed by atoms with Crippen molar-refractivity contribution in [3.05, 3.63) is 90.0 Å². The van der Waals surface area contributed by atoms with Crippen molar-refractivity contribution in [2.24, 2.45) is 0 Å². The van der Waals surface area contributed by atoms with E-state index in [1.165, 1.54) is 15.9 Å². The largest absolute Gasteiger partial charge is 1.00 e. The summed E-state index contributed by atoms with van der Waals surface area (Å²) in [7, 11) is -1.74. The predicted molar refractivity (Wildman–Crippen MR) is 99.7 cm³/mol. The van der Waals surface area contributed by atoms with Crippen molar-refractivity contribution in [3.63, 3.8) is 0 Å². The van der Waals surface area contributed by atoms with Gasteiger partial charge >= 0.3 is 0 Å². The molecule has 4 rings (SSSR count).